The van der Waals surface area contributed by atoms with Crippen LogP contribution in [0.5, 0.6) is 0 Å². The lowest BCUT2D eigenvalue weighted by molar-refractivity contribution is -0.123. The van der Waals surface area contributed by atoms with Crippen LogP contribution in [0.3, 0.4) is 0 Å². The SMILES string of the molecule is Cc1nc2ncnn2c(N2CCN(c3ccc(NC(=O)C(C)(C)C)nc3)CC2)c1C. The Kier molecular flexibility index (Phi) is 5.05. The maximum atomic E-state index is 12.1. The highest BCUT2D eigenvalue weighted by Gasteiger charge is 2.24. The summed E-state index contributed by atoms with van der Waals surface area (Å²) in [5, 5.41) is 7.23. The van der Waals surface area contributed by atoms with E-state index in [0.29, 0.717) is 11.6 Å². The van der Waals surface area contributed by atoms with E-state index < -0.39 is 5.41 Å². The molecule has 0 bridgehead atoms. The number of aromatic nitrogens is 5. The van der Waals surface area contributed by atoms with Crippen molar-refractivity contribution in [1.82, 2.24) is 24.6 Å². The zero-order chi connectivity index (χ0) is 21.5. The summed E-state index contributed by atoms with van der Waals surface area (Å²) >= 11 is 0. The first-order valence-corrected chi connectivity index (χ1v) is 10.2. The van der Waals surface area contributed by atoms with Crippen LogP contribution in [-0.2, 0) is 4.79 Å². The van der Waals surface area contributed by atoms with Gasteiger partial charge < -0.3 is 15.1 Å². The van der Waals surface area contributed by atoms with Gasteiger partial charge in [0.2, 0.25) is 5.91 Å². The van der Waals surface area contributed by atoms with Crippen LogP contribution in [0.4, 0.5) is 17.3 Å². The van der Waals surface area contributed by atoms with Crippen LogP contribution in [0, 0.1) is 19.3 Å². The molecule has 4 rings (SSSR count). The number of nitrogens with zero attached hydrogens (tertiary/aromatic N) is 7. The number of amides is 1. The maximum absolute atomic E-state index is 12.1. The first-order valence-electron chi connectivity index (χ1n) is 10.2. The van der Waals surface area contributed by atoms with Crippen LogP contribution in [0.15, 0.2) is 24.7 Å². The minimum Gasteiger partial charge on any atom is -0.367 e. The Morgan fingerprint density at radius 3 is 2.37 bits per heavy atom. The molecule has 1 amide bonds. The third-order valence-corrected chi connectivity index (χ3v) is 5.49. The second-order valence-electron chi connectivity index (χ2n) is 8.70. The molecule has 0 spiro atoms. The lowest BCUT2D eigenvalue weighted by Gasteiger charge is -2.37. The molecule has 4 heterocycles. The highest BCUT2D eigenvalue weighted by atomic mass is 16.2. The number of anilines is 3. The van der Waals surface area contributed by atoms with Gasteiger partial charge in [-0.05, 0) is 26.0 Å². The third-order valence-electron chi connectivity index (χ3n) is 5.49. The lowest BCUT2D eigenvalue weighted by atomic mass is 9.96. The molecule has 1 fully saturated rings. The molecule has 3 aromatic rings. The molecule has 1 aliphatic rings. The van der Waals surface area contributed by atoms with Gasteiger partial charge >= 0.3 is 0 Å². The first kappa shape index (κ1) is 20.1. The predicted molar refractivity (Wildman–Crippen MR) is 117 cm³/mol. The van der Waals surface area contributed by atoms with Gasteiger partial charge in [-0.15, -0.1) is 0 Å². The van der Waals surface area contributed by atoms with Crippen LogP contribution in [0.2, 0.25) is 0 Å². The van der Waals surface area contributed by atoms with E-state index in [1.165, 1.54) is 0 Å². The average molecular weight is 409 g/mol. The molecule has 30 heavy (non-hydrogen) atoms. The lowest BCUT2D eigenvalue weighted by Crippen LogP contribution is -2.47. The van der Waals surface area contributed by atoms with Gasteiger partial charge in [0.15, 0.2) is 0 Å². The Hall–Kier alpha value is -3.23. The Labute approximate surface area is 176 Å². The number of carbonyl (C=O) groups excluding carboxylic acids is 1. The van der Waals surface area contributed by atoms with E-state index in [1.54, 1.807) is 6.33 Å². The van der Waals surface area contributed by atoms with E-state index in [1.807, 2.05) is 50.5 Å². The number of carbonyl (C=O) groups is 1. The third kappa shape index (κ3) is 3.79. The van der Waals surface area contributed by atoms with Crippen molar-refractivity contribution in [1.29, 1.82) is 0 Å². The van der Waals surface area contributed by atoms with Gasteiger partial charge in [0.1, 0.15) is 18.0 Å². The smallest absolute Gasteiger partial charge is 0.254 e. The highest BCUT2D eigenvalue weighted by molar-refractivity contribution is 5.93. The molecule has 9 nitrogen and oxygen atoms in total. The summed E-state index contributed by atoms with van der Waals surface area (Å²) < 4.78 is 1.83. The Morgan fingerprint density at radius 2 is 1.73 bits per heavy atom. The monoisotopic (exact) mass is 408 g/mol. The standard InChI is InChI=1S/C21H28N8O/c1-14-15(2)25-20-23-13-24-29(20)18(14)28-10-8-27(9-11-28)16-6-7-17(22-12-16)26-19(30)21(3,4)5/h6-7,12-13H,8-11H2,1-5H3,(H,22,26,30). The Balaban J connectivity index is 1.45. The number of hydrogen-bond donors (Lipinski definition) is 1. The van der Waals surface area contributed by atoms with Gasteiger partial charge in [0, 0.05) is 42.9 Å². The van der Waals surface area contributed by atoms with Crippen molar-refractivity contribution in [3.8, 4) is 0 Å². The quantitative estimate of drug-likeness (QED) is 0.712. The molecule has 1 saturated heterocycles. The topological polar surface area (TPSA) is 91.5 Å². The van der Waals surface area contributed by atoms with E-state index >= 15 is 0 Å². The van der Waals surface area contributed by atoms with Gasteiger partial charge in [-0.2, -0.15) is 14.6 Å². The van der Waals surface area contributed by atoms with E-state index in [0.717, 1.165) is 48.9 Å². The molecule has 9 heteroatoms. The number of hydrogen-bond acceptors (Lipinski definition) is 7. The summed E-state index contributed by atoms with van der Waals surface area (Å²) in [6.07, 6.45) is 3.37. The summed E-state index contributed by atoms with van der Waals surface area (Å²) in [5.41, 5.74) is 2.71. The van der Waals surface area contributed by atoms with Crippen molar-refractivity contribution in [2.75, 3.05) is 41.3 Å². The minimum atomic E-state index is -0.449. The summed E-state index contributed by atoms with van der Waals surface area (Å²) in [7, 11) is 0. The molecule has 158 valence electrons. The molecule has 1 N–H and O–H groups in total. The van der Waals surface area contributed by atoms with E-state index in [4.69, 9.17) is 0 Å². The Morgan fingerprint density at radius 1 is 1.03 bits per heavy atom. The van der Waals surface area contributed by atoms with Gasteiger partial charge in [-0.25, -0.2) is 9.97 Å². The average Bonchev–Trinajstić information content (AvgIpc) is 3.17. The van der Waals surface area contributed by atoms with E-state index in [9.17, 15) is 4.79 Å². The van der Waals surface area contributed by atoms with Crippen LogP contribution >= 0.6 is 0 Å². The van der Waals surface area contributed by atoms with Gasteiger partial charge in [0.05, 0.1) is 11.9 Å². The zero-order valence-electron chi connectivity index (χ0n) is 18.2. The highest BCUT2D eigenvalue weighted by Crippen LogP contribution is 2.25. The number of aryl methyl sites for hydroxylation is 1. The molecular weight excluding hydrogens is 380 g/mol. The normalized spacial score (nSPS) is 15.0. The summed E-state index contributed by atoms with van der Waals surface area (Å²) in [6, 6.07) is 3.87. The molecule has 0 saturated carbocycles. The van der Waals surface area contributed by atoms with Crippen molar-refractivity contribution >= 4 is 29.0 Å². The molecule has 0 unspecified atom stereocenters. The number of fused-ring (bicyclic) bond motifs is 1. The number of pyridine rings is 1. The van der Waals surface area contributed by atoms with Crippen molar-refractivity contribution in [3.05, 3.63) is 35.9 Å². The number of rotatable bonds is 3. The van der Waals surface area contributed by atoms with Gasteiger partial charge in [0.25, 0.3) is 5.78 Å². The van der Waals surface area contributed by atoms with Crippen LogP contribution in [0.25, 0.3) is 5.78 Å². The van der Waals surface area contributed by atoms with Crippen LogP contribution in [0.1, 0.15) is 32.0 Å². The zero-order valence-corrected chi connectivity index (χ0v) is 18.2. The largest absolute Gasteiger partial charge is 0.367 e. The van der Waals surface area contributed by atoms with Crippen molar-refractivity contribution < 1.29 is 4.79 Å². The fourth-order valence-corrected chi connectivity index (χ4v) is 3.51. The predicted octanol–water partition coefficient (Wildman–Crippen LogP) is 2.45. The van der Waals surface area contributed by atoms with E-state index in [2.05, 4.69) is 42.1 Å². The molecule has 1 aliphatic heterocycles. The summed E-state index contributed by atoms with van der Waals surface area (Å²) in [6.45, 7) is 13.2. The maximum Gasteiger partial charge on any atom is 0.254 e. The molecule has 0 radical (unpaired) electrons. The fourth-order valence-electron chi connectivity index (χ4n) is 3.51. The molecule has 0 atom stereocenters. The van der Waals surface area contributed by atoms with Crippen LogP contribution in [-0.4, -0.2) is 56.7 Å². The number of nitrogens with one attached hydrogen (secondary N) is 1. The second kappa shape index (κ2) is 7.55. The van der Waals surface area contributed by atoms with Crippen molar-refractivity contribution in [2.45, 2.75) is 34.6 Å². The summed E-state index contributed by atoms with van der Waals surface area (Å²) in [5.74, 6) is 2.23. The van der Waals surface area contributed by atoms with E-state index in [-0.39, 0.29) is 5.91 Å². The fraction of sp³-hybridized carbons (Fsp3) is 0.476. The molecular formula is C21H28N8O. The van der Waals surface area contributed by atoms with Gasteiger partial charge in [-0.1, -0.05) is 20.8 Å². The minimum absolute atomic E-state index is 0.0428. The molecule has 0 aromatic carbocycles. The van der Waals surface area contributed by atoms with Crippen molar-refractivity contribution in [3.63, 3.8) is 0 Å². The molecule has 0 aliphatic carbocycles. The Bertz CT molecular complexity index is 1060. The first-order chi connectivity index (χ1) is 14.2. The van der Waals surface area contributed by atoms with Gasteiger partial charge in [-0.3, -0.25) is 4.79 Å². The van der Waals surface area contributed by atoms with Crippen LogP contribution < -0.4 is 15.1 Å². The second-order valence-corrected chi connectivity index (χ2v) is 8.70. The summed E-state index contributed by atoms with van der Waals surface area (Å²) in [4.78, 5) is 30.0. The number of piperazine rings is 1. The molecule has 3 aromatic heterocycles. The van der Waals surface area contributed by atoms with Crippen molar-refractivity contribution in [2.24, 2.45) is 5.41 Å².